The summed E-state index contributed by atoms with van der Waals surface area (Å²) >= 11 is 0. The molecule has 2 aromatic rings. The summed E-state index contributed by atoms with van der Waals surface area (Å²) in [5.41, 5.74) is 9.77. The van der Waals surface area contributed by atoms with E-state index >= 15 is 0 Å². The molecule has 0 fully saturated rings. The molecule has 1 aromatic carbocycles. The molecule has 0 saturated heterocycles. The lowest BCUT2D eigenvalue weighted by atomic mass is 10.2. The predicted molar refractivity (Wildman–Crippen MR) is 65.7 cm³/mol. The van der Waals surface area contributed by atoms with E-state index < -0.39 is 5.91 Å². The summed E-state index contributed by atoms with van der Waals surface area (Å²) in [5, 5.41) is 3.98. The second kappa shape index (κ2) is 4.72. The van der Waals surface area contributed by atoms with Gasteiger partial charge >= 0.3 is 0 Å². The van der Waals surface area contributed by atoms with Crippen LogP contribution in [0, 0.1) is 0 Å². The van der Waals surface area contributed by atoms with Crippen LogP contribution in [-0.2, 0) is 6.54 Å². The first-order valence-electron chi connectivity index (χ1n) is 5.45. The summed E-state index contributed by atoms with van der Waals surface area (Å²) < 4.78 is 2.01. The first-order chi connectivity index (χ1) is 8.27. The molecule has 0 spiro atoms. The molecule has 0 radical (unpaired) electrons. The molecule has 2 rings (SSSR count). The van der Waals surface area contributed by atoms with E-state index in [4.69, 9.17) is 5.53 Å². The third-order valence-electron chi connectivity index (χ3n) is 2.62. The van der Waals surface area contributed by atoms with Gasteiger partial charge < -0.3 is 4.57 Å². The van der Waals surface area contributed by atoms with Crippen LogP contribution in [0.3, 0.4) is 0 Å². The maximum Gasteiger partial charge on any atom is 0.251 e. The van der Waals surface area contributed by atoms with Crippen LogP contribution in [0.5, 0.6) is 0 Å². The van der Waals surface area contributed by atoms with Crippen molar-refractivity contribution in [2.45, 2.75) is 19.9 Å². The largest absolute Gasteiger partial charge is 0.347 e. The van der Waals surface area contributed by atoms with E-state index in [1.165, 1.54) is 0 Å². The third-order valence-corrected chi connectivity index (χ3v) is 2.62. The van der Waals surface area contributed by atoms with Crippen LogP contribution in [0.25, 0.3) is 21.3 Å². The Morgan fingerprint density at radius 1 is 1.47 bits per heavy atom. The molecule has 0 bridgehead atoms. The number of azide groups is 1. The van der Waals surface area contributed by atoms with Crippen molar-refractivity contribution in [3.8, 4) is 0 Å². The van der Waals surface area contributed by atoms with Gasteiger partial charge in [0.05, 0.1) is 0 Å². The summed E-state index contributed by atoms with van der Waals surface area (Å²) in [6.07, 6.45) is 2.74. The molecule has 17 heavy (non-hydrogen) atoms. The second-order valence-electron chi connectivity index (χ2n) is 3.75. The molecule has 0 aliphatic carbocycles. The van der Waals surface area contributed by atoms with Gasteiger partial charge in [-0.3, -0.25) is 4.79 Å². The van der Waals surface area contributed by atoms with Gasteiger partial charge in [-0.1, -0.05) is 25.1 Å². The number of carbonyl (C=O) groups excluding carboxylic acids is 1. The van der Waals surface area contributed by atoms with Crippen molar-refractivity contribution >= 4 is 16.8 Å². The molecule has 1 amide bonds. The van der Waals surface area contributed by atoms with Gasteiger partial charge in [-0.25, -0.2) is 0 Å². The number of aromatic nitrogens is 1. The first kappa shape index (κ1) is 11.2. The lowest BCUT2D eigenvalue weighted by Gasteiger charge is -2.00. The lowest BCUT2D eigenvalue weighted by molar-refractivity contribution is 0.100. The van der Waals surface area contributed by atoms with Crippen LogP contribution in [0.2, 0.25) is 0 Å². The van der Waals surface area contributed by atoms with Crippen molar-refractivity contribution in [3.05, 3.63) is 46.5 Å². The average Bonchev–Trinajstić information content (AvgIpc) is 2.70. The number of hydrogen-bond acceptors (Lipinski definition) is 1. The average molecular weight is 228 g/mol. The first-order valence-corrected chi connectivity index (χ1v) is 5.45. The van der Waals surface area contributed by atoms with E-state index in [0.29, 0.717) is 5.56 Å². The fraction of sp³-hybridized carbons (Fsp3) is 0.250. The van der Waals surface area contributed by atoms with Gasteiger partial charge in [-0.05, 0) is 23.1 Å². The summed E-state index contributed by atoms with van der Waals surface area (Å²) in [6, 6.07) is 7.61. The molecule has 0 aliphatic rings. The molecule has 0 saturated carbocycles. The van der Waals surface area contributed by atoms with Crippen molar-refractivity contribution in [1.82, 2.24) is 4.57 Å². The molecule has 0 N–H and O–H groups in total. The van der Waals surface area contributed by atoms with Crippen LogP contribution >= 0.6 is 0 Å². The molecule has 0 aliphatic heterocycles. The number of nitrogens with zero attached hydrogens (tertiary/aromatic N) is 4. The number of hydrogen-bond donors (Lipinski definition) is 0. The van der Waals surface area contributed by atoms with E-state index in [1.807, 2.05) is 28.8 Å². The summed E-state index contributed by atoms with van der Waals surface area (Å²) in [4.78, 5) is 14.2. The summed E-state index contributed by atoms with van der Waals surface area (Å²) in [5.74, 6) is -0.529. The standard InChI is InChI=1S/C12H12N4O/c1-2-7-16-8-10(12(17)14-15-13)9-5-3-4-6-11(9)16/h3-6,8H,2,7H2,1H3. The quantitative estimate of drug-likeness (QED) is 0.450. The van der Waals surface area contributed by atoms with Crippen LogP contribution < -0.4 is 0 Å². The number of amides is 1. The summed E-state index contributed by atoms with van der Waals surface area (Å²) in [6.45, 7) is 2.91. The highest BCUT2D eigenvalue weighted by atomic mass is 16.1. The van der Waals surface area contributed by atoms with Crippen LogP contribution in [0.15, 0.2) is 35.6 Å². The van der Waals surface area contributed by atoms with E-state index in [-0.39, 0.29) is 0 Å². The molecular formula is C12H12N4O. The minimum Gasteiger partial charge on any atom is -0.347 e. The molecule has 1 heterocycles. The second-order valence-corrected chi connectivity index (χ2v) is 3.75. The molecular weight excluding hydrogens is 216 g/mol. The normalized spacial score (nSPS) is 10.2. The number of fused-ring (bicyclic) bond motifs is 1. The van der Waals surface area contributed by atoms with Gasteiger partial charge in [0.25, 0.3) is 5.91 Å². The molecule has 5 nitrogen and oxygen atoms in total. The zero-order valence-corrected chi connectivity index (χ0v) is 9.50. The number of aryl methyl sites for hydroxylation is 1. The number of para-hydroxylation sites is 1. The SMILES string of the molecule is CCCn1cc(C(=O)N=[N+]=[N-])c2ccccc21. The Kier molecular flexibility index (Phi) is 3.12. The minimum absolute atomic E-state index is 0.465. The minimum atomic E-state index is -0.529. The van der Waals surface area contributed by atoms with Crippen molar-refractivity contribution in [3.63, 3.8) is 0 Å². The maximum absolute atomic E-state index is 11.6. The Morgan fingerprint density at radius 2 is 2.24 bits per heavy atom. The Bertz CT molecular complexity index is 608. The van der Waals surface area contributed by atoms with Crippen molar-refractivity contribution in [2.24, 2.45) is 5.11 Å². The highest BCUT2D eigenvalue weighted by molar-refractivity contribution is 6.07. The Hall–Kier alpha value is -2.26. The number of carbonyl (C=O) groups is 1. The fourth-order valence-corrected chi connectivity index (χ4v) is 1.94. The highest BCUT2D eigenvalue weighted by Gasteiger charge is 2.12. The third kappa shape index (κ3) is 2.00. The Morgan fingerprint density at radius 3 is 2.94 bits per heavy atom. The van der Waals surface area contributed by atoms with Crippen LogP contribution in [0.4, 0.5) is 0 Å². The van der Waals surface area contributed by atoms with Crippen molar-refractivity contribution in [1.29, 1.82) is 0 Å². The van der Waals surface area contributed by atoms with Gasteiger partial charge in [0.15, 0.2) is 0 Å². The van der Waals surface area contributed by atoms with E-state index in [0.717, 1.165) is 23.9 Å². The molecule has 86 valence electrons. The van der Waals surface area contributed by atoms with Crippen LogP contribution in [-0.4, -0.2) is 10.5 Å². The van der Waals surface area contributed by atoms with Crippen molar-refractivity contribution in [2.75, 3.05) is 0 Å². The molecule has 0 unspecified atom stereocenters. The Labute approximate surface area is 98.3 Å². The van der Waals surface area contributed by atoms with Gasteiger partial charge in [0.1, 0.15) is 0 Å². The predicted octanol–water partition coefficient (Wildman–Crippen LogP) is 3.50. The van der Waals surface area contributed by atoms with E-state index in [9.17, 15) is 4.79 Å². The zero-order valence-electron chi connectivity index (χ0n) is 9.50. The van der Waals surface area contributed by atoms with Gasteiger partial charge in [-0.15, -0.1) is 0 Å². The van der Waals surface area contributed by atoms with E-state index in [1.54, 1.807) is 6.20 Å². The molecule has 0 atom stereocenters. The lowest BCUT2D eigenvalue weighted by Crippen LogP contribution is -1.94. The topological polar surface area (TPSA) is 70.8 Å². The van der Waals surface area contributed by atoms with Crippen LogP contribution in [0.1, 0.15) is 23.7 Å². The van der Waals surface area contributed by atoms with Gasteiger partial charge in [0, 0.05) is 34.1 Å². The zero-order chi connectivity index (χ0) is 12.3. The highest BCUT2D eigenvalue weighted by Crippen LogP contribution is 2.22. The number of rotatable bonds is 3. The van der Waals surface area contributed by atoms with E-state index in [2.05, 4.69) is 16.9 Å². The molecule has 5 heteroatoms. The smallest absolute Gasteiger partial charge is 0.251 e. The van der Waals surface area contributed by atoms with Gasteiger partial charge in [-0.2, -0.15) is 0 Å². The summed E-state index contributed by atoms with van der Waals surface area (Å²) in [7, 11) is 0. The van der Waals surface area contributed by atoms with Crippen molar-refractivity contribution < 1.29 is 4.79 Å². The Balaban J connectivity index is 2.63. The van der Waals surface area contributed by atoms with Gasteiger partial charge in [0.2, 0.25) is 0 Å². The maximum atomic E-state index is 11.6. The fourth-order valence-electron chi connectivity index (χ4n) is 1.94. The monoisotopic (exact) mass is 228 g/mol. The number of benzene rings is 1. The molecule has 1 aromatic heterocycles.